The van der Waals surface area contributed by atoms with Crippen LogP contribution in [0.2, 0.25) is 10.0 Å². The predicted molar refractivity (Wildman–Crippen MR) is 78.6 cm³/mol. The van der Waals surface area contributed by atoms with E-state index in [1.165, 1.54) is 0 Å². The molecule has 19 heavy (non-hydrogen) atoms. The summed E-state index contributed by atoms with van der Waals surface area (Å²) in [5, 5.41) is 1.37. The van der Waals surface area contributed by atoms with Gasteiger partial charge in [0.15, 0.2) is 0 Å². The Hall–Kier alpha value is -0.770. The summed E-state index contributed by atoms with van der Waals surface area (Å²) in [5.74, 6) is 0.159. The van der Waals surface area contributed by atoms with Gasteiger partial charge in [-0.1, -0.05) is 29.3 Å². The number of nitrogens with zero attached hydrogens (tertiary/aromatic N) is 2. The fraction of sp³-hybridized carbons (Fsp3) is 0.500. The third-order valence-corrected chi connectivity index (χ3v) is 4.03. The molecule has 0 bridgehead atoms. The molecule has 0 aliphatic carbocycles. The first kappa shape index (κ1) is 14.6. The number of hydrogen-bond acceptors (Lipinski definition) is 2. The van der Waals surface area contributed by atoms with Crippen molar-refractivity contribution in [3.8, 4) is 0 Å². The van der Waals surface area contributed by atoms with E-state index < -0.39 is 0 Å². The highest BCUT2D eigenvalue weighted by Gasteiger charge is 2.17. The molecule has 1 fully saturated rings. The van der Waals surface area contributed by atoms with Crippen molar-refractivity contribution in [2.45, 2.75) is 19.9 Å². The van der Waals surface area contributed by atoms with Crippen LogP contribution in [-0.2, 0) is 11.3 Å². The van der Waals surface area contributed by atoms with Crippen molar-refractivity contribution in [1.82, 2.24) is 9.80 Å². The molecule has 0 atom stereocenters. The molecule has 1 aromatic carbocycles. The van der Waals surface area contributed by atoms with Crippen LogP contribution in [0.4, 0.5) is 0 Å². The molecule has 0 N–H and O–H groups in total. The first-order valence-corrected chi connectivity index (χ1v) is 7.23. The first-order valence-electron chi connectivity index (χ1n) is 6.48. The molecule has 2 rings (SSSR count). The van der Waals surface area contributed by atoms with Crippen LogP contribution in [0.1, 0.15) is 18.9 Å². The Morgan fingerprint density at radius 1 is 1.21 bits per heavy atom. The molecule has 0 radical (unpaired) electrons. The van der Waals surface area contributed by atoms with Gasteiger partial charge in [0.2, 0.25) is 5.91 Å². The van der Waals surface area contributed by atoms with E-state index in [2.05, 4.69) is 4.90 Å². The van der Waals surface area contributed by atoms with Crippen molar-refractivity contribution in [2.24, 2.45) is 0 Å². The summed E-state index contributed by atoms with van der Waals surface area (Å²) in [6.07, 6.45) is 1.00. The van der Waals surface area contributed by atoms with Gasteiger partial charge < -0.3 is 4.90 Å². The van der Waals surface area contributed by atoms with E-state index in [9.17, 15) is 4.79 Å². The van der Waals surface area contributed by atoms with Crippen molar-refractivity contribution in [3.63, 3.8) is 0 Å². The Morgan fingerprint density at radius 2 is 2.00 bits per heavy atom. The summed E-state index contributed by atoms with van der Waals surface area (Å²) in [4.78, 5) is 15.6. The molecule has 1 aliphatic rings. The maximum Gasteiger partial charge on any atom is 0.219 e. The van der Waals surface area contributed by atoms with Crippen molar-refractivity contribution in [3.05, 3.63) is 33.8 Å². The summed E-state index contributed by atoms with van der Waals surface area (Å²) in [5.41, 5.74) is 1.09. The minimum absolute atomic E-state index is 0.159. The minimum atomic E-state index is 0.159. The van der Waals surface area contributed by atoms with Crippen LogP contribution in [0.25, 0.3) is 0 Å². The number of amides is 1. The summed E-state index contributed by atoms with van der Waals surface area (Å²) >= 11 is 12.1. The second kappa shape index (κ2) is 6.60. The molecule has 3 nitrogen and oxygen atoms in total. The average molecular weight is 301 g/mol. The van der Waals surface area contributed by atoms with Gasteiger partial charge in [-0.25, -0.2) is 0 Å². The third-order valence-electron chi connectivity index (χ3n) is 3.44. The van der Waals surface area contributed by atoms with Crippen LogP contribution in [0.3, 0.4) is 0 Å². The van der Waals surface area contributed by atoms with E-state index >= 15 is 0 Å². The van der Waals surface area contributed by atoms with Gasteiger partial charge in [0.1, 0.15) is 0 Å². The highest BCUT2D eigenvalue weighted by atomic mass is 35.5. The zero-order valence-corrected chi connectivity index (χ0v) is 12.5. The van der Waals surface area contributed by atoms with Crippen LogP contribution in [0, 0.1) is 0 Å². The lowest BCUT2D eigenvalue weighted by Crippen LogP contribution is -2.33. The van der Waals surface area contributed by atoms with Crippen LogP contribution in [0.5, 0.6) is 0 Å². The van der Waals surface area contributed by atoms with E-state index in [1.54, 1.807) is 13.0 Å². The Balaban J connectivity index is 1.97. The first-order chi connectivity index (χ1) is 9.06. The predicted octanol–water partition coefficient (Wildman–Crippen LogP) is 3.05. The number of carbonyl (C=O) groups excluding carboxylic acids is 1. The Labute approximate surface area is 124 Å². The van der Waals surface area contributed by atoms with E-state index in [1.807, 2.05) is 17.0 Å². The summed E-state index contributed by atoms with van der Waals surface area (Å²) in [6, 6.07) is 5.61. The van der Waals surface area contributed by atoms with E-state index in [-0.39, 0.29) is 5.91 Å². The van der Waals surface area contributed by atoms with Crippen molar-refractivity contribution in [1.29, 1.82) is 0 Å². The van der Waals surface area contributed by atoms with Gasteiger partial charge in [-0.05, 0) is 24.1 Å². The van der Waals surface area contributed by atoms with E-state index in [0.717, 1.165) is 44.7 Å². The lowest BCUT2D eigenvalue weighted by atomic mass is 10.2. The normalized spacial score (nSPS) is 17.3. The van der Waals surface area contributed by atoms with Gasteiger partial charge >= 0.3 is 0 Å². The Bertz CT molecular complexity index is 465. The molecular weight excluding hydrogens is 283 g/mol. The number of benzene rings is 1. The van der Waals surface area contributed by atoms with E-state index in [4.69, 9.17) is 23.2 Å². The molecule has 5 heteroatoms. The zero-order chi connectivity index (χ0) is 13.8. The SMILES string of the molecule is CC(=O)N1CCCN(Cc2ccc(Cl)cc2Cl)CC1. The molecule has 0 saturated carbocycles. The molecule has 0 unspecified atom stereocenters. The van der Waals surface area contributed by atoms with Crippen LogP contribution >= 0.6 is 23.2 Å². The average Bonchev–Trinajstić information content (AvgIpc) is 2.58. The van der Waals surface area contributed by atoms with E-state index in [0.29, 0.717) is 10.0 Å². The number of hydrogen-bond donors (Lipinski definition) is 0. The molecule has 1 aromatic rings. The Morgan fingerprint density at radius 3 is 2.68 bits per heavy atom. The molecular formula is C14H18Cl2N2O. The van der Waals surface area contributed by atoms with Crippen LogP contribution in [-0.4, -0.2) is 41.9 Å². The fourth-order valence-corrected chi connectivity index (χ4v) is 2.80. The molecule has 0 spiro atoms. The van der Waals surface area contributed by atoms with Crippen molar-refractivity contribution in [2.75, 3.05) is 26.2 Å². The summed E-state index contributed by atoms with van der Waals surface area (Å²) in [6.45, 7) is 5.95. The number of rotatable bonds is 2. The molecule has 1 saturated heterocycles. The topological polar surface area (TPSA) is 23.6 Å². The number of carbonyl (C=O) groups is 1. The fourth-order valence-electron chi connectivity index (χ4n) is 2.33. The summed E-state index contributed by atoms with van der Waals surface area (Å²) in [7, 11) is 0. The highest BCUT2D eigenvalue weighted by molar-refractivity contribution is 6.35. The van der Waals surface area contributed by atoms with Crippen LogP contribution in [0.15, 0.2) is 18.2 Å². The molecule has 104 valence electrons. The molecule has 1 heterocycles. The highest BCUT2D eigenvalue weighted by Crippen LogP contribution is 2.22. The number of halogens is 2. The maximum atomic E-state index is 11.4. The van der Waals surface area contributed by atoms with Gasteiger partial charge in [-0.3, -0.25) is 9.69 Å². The van der Waals surface area contributed by atoms with Crippen molar-refractivity contribution < 1.29 is 4.79 Å². The Kier molecular flexibility index (Phi) is 5.08. The molecule has 1 amide bonds. The monoisotopic (exact) mass is 300 g/mol. The maximum absolute atomic E-state index is 11.4. The largest absolute Gasteiger partial charge is 0.342 e. The molecule has 0 aromatic heterocycles. The van der Waals surface area contributed by atoms with Gasteiger partial charge in [0, 0.05) is 49.7 Å². The van der Waals surface area contributed by atoms with Gasteiger partial charge in [-0.15, -0.1) is 0 Å². The van der Waals surface area contributed by atoms with Gasteiger partial charge in [0.05, 0.1) is 0 Å². The minimum Gasteiger partial charge on any atom is -0.342 e. The second-order valence-corrected chi connectivity index (χ2v) is 5.72. The summed E-state index contributed by atoms with van der Waals surface area (Å²) < 4.78 is 0. The zero-order valence-electron chi connectivity index (χ0n) is 11.0. The van der Waals surface area contributed by atoms with Crippen LogP contribution < -0.4 is 0 Å². The smallest absolute Gasteiger partial charge is 0.219 e. The van der Waals surface area contributed by atoms with Crippen molar-refractivity contribution >= 4 is 29.1 Å². The third kappa shape index (κ3) is 4.10. The van der Waals surface area contributed by atoms with Gasteiger partial charge in [-0.2, -0.15) is 0 Å². The second-order valence-electron chi connectivity index (χ2n) is 4.87. The molecule has 1 aliphatic heterocycles. The lowest BCUT2D eigenvalue weighted by molar-refractivity contribution is -0.128. The quantitative estimate of drug-likeness (QED) is 0.838. The van der Waals surface area contributed by atoms with Gasteiger partial charge in [0.25, 0.3) is 0 Å². The lowest BCUT2D eigenvalue weighted by Gasteiger charge is -2.21. The standard InChI is InChI=1S/C14H18Cl2N2O/c1-11(19)18-6-2-5-17(7-8-18)10-12-3-4-13(15)9-14(12)16/h3-4,9H,2,5-8,10H2,1H3.